The molecule has 2 rings (SSSR count). The number of piperidine rings is 1. The number of amides is 1. The number of carbonyl (C=O) groups excluding carboxylic acids is 2. The molecule has 0 radical (unpaired) electrons. The lowest BCUT2D eigenvalue weighted by atomic mass is 10.0. The third-order valence-corrected chi connectivity index (χ3v) is 5.65. The summed E-state index contributed by atoms with van der Waals surface area (Å²) in [7, 11) is 0. The summed E-state index contributed by atoms with van der Waals surface area (Å²) in [6.45, 7) is 8.57. The number of carbonyl (C=O) groups is 2. The van der Waals surface area contributed by atoms with Gasteiger partial charge < -0.3 is 19.8 Å². The quantitative estimate of drug-likeness (QED) is 0.115. The molecule has 35 heavy (non-hydrogen) atoms. The van der Waals surface area contributed by atoms with E-state index in [0.717, 1.165) is 31.7 Å². The van der Waals surface area contributed by atoms with Crippen molar-refractivity contribution in [2.24, 2.45) is 0 Å². The number of ether oxygens (including phenoxy) is 1. The van der Waals surface area contributed by atoms with E-state index in [9.17, 15) is 19.8 Å². The third kappa shape index (κ3) is 8.81. The number of esters is 1. The smallest absolute Gasteiger partial charge is 0.342 e. The van der Waals surface area contributed by atoms with Gasteiger partial charge in [-0.3, -0.25) is 15.1 Å². The lowest BCUT2D eigenvalue weighted by Crippen LogP contribution is -2.39. The van der Waals surface area contributed by atoms with E-state index in [-0.39, 0.29) is 35.3 Å². The number of hydrogen-bond acceptors (Lipinski definition) is 7. The predicted molar refractivity (Wildman–Crippen MR) is 136 cm³/mol. The normalized spacial score (nSPS) is 14.1. The van der Waals surface area contributed by atoms with Crippen LogP contribution in [-0.4, -0.2) is 53.3 Å². The molecule has 1 saturated heterocycles. The van der Waals surface area contributed by atoms with Gasteiger partial charge in [0.25, 0.3) is 5.91 Å². The van der Waals surface area contributed by atoms with E-state index in [1.54, 1.807) is 23.1 Å². The van der Waals surface area contributed by atoms with E-state index >= 15 is 0 Å². The Balaban J connectivity index is 2.30. The van der Waals surface area contributed by atoms with E-state index < -0.39 is 17.5 Å². The van der Waals surface area contributed by atoms with Gasteiger partial charge in [0, 0.05) is 24.7 Å². The van der Waals surface area contributed by atoms with Gasteiger partial charge >= 0.3 is 5.97 Å². The summed E-state index contributed by atoms with van der Waals surface area (Å²) in [6, 6.07) is 0.977. The molecule has 1 amide bonds. The van der Waals surface area contributed by atoms with Gasteiger partial charge in [-0.25, -0.2) is 4.79 Å². The van der Waals surface area contributed by atoms with Crippen molar-refractivity contribution in [3.63, 3.8) is 0 Å². The molecule has 1 fully saturated rings. The Bertz CT molecular complexity index is 967. The first-order valence-corrected chi connectivity index (χ1v) is 11.9. The molecule has 9 heteroatoms. The van der Waals surface area contributed by atoms with Crippen LogP contribution in [0.2, 0.25) is 5.02 Å². The van der Waals surface area contributed by atoms with Crippen molar-refractivity contribution in [3.8, 4) is 11.5 Å². The number of benzene rings is 1. The molecule has 0 unspecified atom stereocenters. The lowest BCUT2D eigenvalue weighted by molar-refractivity contribution is -0.139. The number of unbranched alkanes of at least 4 members (excludes halogenated alkanes) is 1. The Labute approximate surface area is 211 Å². The van der Waals surface area contributed by atoms with E-state index in [2.05, 4.69) is 18.6 Å². The number of rotatable bonds is 13. The van der Waals surface area contributed by atoms with Gasteiger partial charge in [-0.1, -0.05) is 29.8 Å². The highest BCUT2D eigenvalue weighted by Crippen LogP contribution is 2.38. The maximum Gasteiger partial charge on any atom is 0.342 e. The van der Waals surface area contributed by atoms with Gasteiger partial charge in [-0.2, -0.15) is 0 Å². The summed E-state index contributed by atoms with van der Waals surface area (Å²) in [5, 5.41) is 20.4. The zero-order chi connectivity index (χ0) is 25.6. The summed E-state index contributed by atoms with van der Waals surface area (Å²) in [6.07, 6.45) is 13.2. The molecule has 0 spiro atoms. The Morgan fingerprint density at radius 1 is 1.09 bits per heavy atom. The van der Waals surface area contributed by atoms with Crippen LogP contribution in [0.15, 0.2) is 49.2 Å². The van der Waals surface area contributed by atoms with Gasteiger partial charge in [0.2, 0.25) is 0 Å². The van der Waals surface area contributed by atoms with Crippen molar-refractivity contribution in [2.75, 3.05) is 26.3 Å². The number of phenolic OH excluding ortho intramolecular Hbond substituents is 2. The molecule has 8 nitrogen and oxygen atoms in total. The average molecular weight is 505 g/mol. The number of halogens is 1. The number of hydroxylamine groups is 1. The molecule has 3 N–H and O–H groups in total. The fourth-order valence-electron chi connectivity index (χ4n) is 3.42. The molecule has 1 heterocycles. The number of likely N-dealkylation sites (tertiary alicyclic amines) is 1. The molecular formula is C26H33ClN2O6. The summed E-state index contributed by atoms with van der Waals surface area (Å²) < 4.78 is 5.19. The molecule has 1 aliphatic heterocycles. The average Bonchev–Trinajstić information content (AvgIpc) is 2.85. The minimum absolute atomic E-state index is 0.0367. The van der Waals surface area contributed by atoms with Gasteiger partial charge in [0.1, 0.15) is 17.1 Å². The molecular weight excluding hydrogens is 472 g/mol. The summed E-state index contributed by atoms with van der Waals surface area (Å²) in [5.41, 5.74) is 2.88. The molecule has 0 aliphatic carbocycles. The Kier molecular flexibility index (Phi) is 11.9. The van der Waals surface area contributed by atoms with Crippen LogP contribution in [-0.2, 0) is 14.4 Å². The van der Waals surface area contributed by atoms with Crippen LogP contribution in [0.5, 0.6) is 11.5 Å². The highest BCUT2D eigenvalue weighted by molar-refractivity contribution is 6.34. The second kappa shape index (κ2) is 14.9. The van der Waals surface area contributed by atoms with Crippen LogP contribution in [0, 0.1) is 0 Å². The van der Waals surface area contributed by atoms with Crippen molar-refractivity contribution in [3.05, 3.63) is 65.4 Å². The van der Waals surface area contributed by atoms with E-state index in [0.29, 0.717) is 31.6 Å². The van der Waals surface area contributed by atoms with Gasteiger partial charge in [-0.15, -0.1) is 13.2 Å². The van der Waals surface area contributed by atoms with Gasteiger partial charge in [0.15, 0.2) is 6.61 Å². The molecule has 190 valence electrons. The van der Waals surface area contributed by atoms with Crippen molar-refractivity contribution in [1.29, 1.82) is 0 Å². The highest BCUT2D eigenvalue weighted by atomic mass is 35.5. The second-order valence-electron chi connectivity index (χ2n) is 7.93. The molecule has 0 atom stereocenters. The van der Waals surface area contributed by atoms with E-state index in [1.165, 1.54) is 6.08 Å². The molecule has 0 bridgehead atoms. The van der Waals surface area contributed by atoms with Crippen molar-refractivity contribution in [2.45, 2.75) is 38.5 Å². The number of nitrogens with one attached hydrogen (secondary N) is 1. The zero-order valence-electron chi connectivity index (χ0n) is 19.8. The minimum atomic E-state index is -0.811. The second-order valence-corrected chi connectivity index (χ2v) is 8.31. The van der Waals surface area contributed by atoms with Crippen LogP contribution in [0.3, 0.4) is 0 Å². The van der Waals surface area contributed by atoms with Crippen LogP contribution in [0.4, 0.5) is 0 Å². The monoisotopic (exact) mass is 504 g/mol. The lowest BCUT2D eigenvalue weighted by Gasteiger charge is -2.26. The maximum absolute atomic E-state index is 12.7. The molecule has 1 aromatic carbocycles. The number of hydrogen-bond donors (Lipinski definition) is 3. The minimum Gasteiger partial charge on any atom is -0.507 e. The molecule has 0 saturated carbocycles. The number of phenols is 2. The Hall–Kier alpha value is -3.23. The Morgan fingerprint density at radius 2 is 1.80 bits per heavy atom. The fraction of sp³-hybridized carbons (Fsp3) is 0.385. The first-order chi connectivity index (χ1) is 16.9. The van der Waals surface area contributed by atoms with Crippen LogP contribution in [0.25, 0.3) is 6.08 Å². The van der Waals surface area contributed by atoms with Crippen molar-refractivity contribution < 1.29 is 29.4 Å². The molecule has 1 aliphatic rings. The topological polar surface area (TPSA) is 108 Å². The molecule has 1 aromatic rings. The fourth-order valence-corrected chi connectivity index (χ4v) is 3.62. The first-order valence-electron chi connectivity index (χ1n) is 11.6. The third-order valence-electron chi connectivity index (χ3n) is 5.25. The van der Waals surface area contributed by atoms with Crippen molar-refractivity contribution in [1.82, 2.24) is 10.4 Å². The number of aromatic hydroxyl groups is 2. The first kappa shape index (κ1) is 28.0. The maximum atomic E-state index is 12.7. The Morgan fingerprint density at radius 3 is 2.49 bits per heavy atom. The summed E-state index contributed by atoms with van der Waals surface area (Å²) >= 11 is 6.29. The van der Waals surface area contributed by atoms with E-state index in [1.807, 2.05) is 6.08 Å². The largest absolute Gasteiger partial charge is 0.507 e. The van der Waals surface area contributed by atoms with Crippen molar-refractivity contribution >= 4 is 29.6 Å². The highest BCUT2D eigenvalue weighted by Gasteiger charge is 2.23. The van der Waals surface area contributed by atoms with Gasteiger partial charge in [0.05, 0.1) is 17.3 Å². The predicted octanol–water partition coefficient (Wildman–Crippen LogP) is 4.88. The standard InChI is InChI=1S/C26H33ClN2O6/c1-3-5-7-9-12-19(28-35-18-23(32)29-13-10-8-11-14-29)16-20-24(26(33)34-15-6-4-2)21(30)17-22(31)25(20)27/h3-4,9,12,16-17,28,30-31H,1-2,5-8,10-11,13-15,18H2/b12-9+,19-16-. The molecule has 0 aromatic heterocycles. The van der Waals surface area contributed by atoms with Crippen LogP contribution < -0.4 is 5.48 Å². The van der Waals surface area contributed by atoms with Crippen LogP contribution >= 0.6 is 11.6 Å². The zero-order valence-corrected chi connectivity index (χ0v) is 20.6. The van der Waals surface area contributed by atoms with Crippen LogP contribution in [0.1, 0.15) is 54.4 Å². The SMILES string of the molecule is C=CCC/C=C/C(=C/c1c(Cl)c(O)cc(O)c1C(=O)OCCC=C)NOCC(=O)N1CCCCC1. The van der Waals surface area contributed by atoms with E-state index in [4.69, 9.17) is 21.2 Å². The summed E-state index contributed by atoms with van der Waals surface area (Å²) in [4.78, 5) is 32.3. The summed E-state index contributed by atoms with van der Waals surface area (Å²) in [5.74, 6) is -1.84. The van der Waals surface area contributed by atoms with Gasteiger partial charge in [-0.05, 0) is 50.7 Å². The number of allylic oxidation sites excluding steroid dienone is 3. The number of nitrogens with zero attached hydrogens (tertiary/aromatic N) is 1.